The zero-order valence-electron chi connectivity index (χ0n) is 15.8. The first-order chi connectivity index (χ1) is 14.0. The summed E-state index contributed by atoms with van der Waals surface area (Å²) in [5, 5.41) is 0.532. The van der Waals surface area contributed by atoms with E-state index in [2.05, 4.69) is 4.99 Å². The van der Waals surface area contributed by atoms with Gasteiger partial charge in [0.2, 0.25) is 0 Å². The fraction of sp³-hybridized carbons (Fsp3) is 0.333. The average molecular weight is 431 g/mol. The first-order valence-electron chi connectivity index (χ1n) is 9.47. The number of para-hydroxylation sites is 1. The number of hydrogen-bond donors (Lipinski definition) is 0. The van der Waals surface area contributed by atoms with E-state index in [0.717, 1.165) is 6.42 Å². The third kappa shape index (κ3) is 5.00. The Hall–Kier alpha value is -2.32. The molecule has 2 fully saturated rings. The molecule has 0 unspecified atom stereocenters. The van der Waals surface area contributed by atoms with Gasteiger partial charge >= 0.3 is 0 Å². The Bertz CT molecular complexity index is 994. The second-order valence-electron chi connectivity index (χ2n) is 7.12. The first kappa shape index (κ1) is 20.0. The number of carbonyl (C=O) groups is 1. The third-order valence-electron chi connectivity index (χ3n) is 4.98. The molecule has 2 saturated heterocycles. The van der Waals surface area contributed by atoms with E-state index < -0.39 is 9.84 Å². The van der Waals surface area contributed by atoms with Crippen LogP contribution >= 0.6 is 11.8 Å². The van der Waals surface area contributed by atoms with Crippen LogP contribution in [0.3, 0.4) is 0 Å². The highest BCUT2D eigenvalue weighted by Crippen LogP contribution is 2.38. The minimum Gasteiger partial charge on any atom is -0.484 e. The zero-order valence-corrected chi connectivity index (χ0v) is 17.4. The maximum atomic E-state index is 12.4. The van der Waals surface area contributed by atoms with Gasteiger partial charge in [0.1, 0.15) is 5.75 Å². The van der Waals surface area contributed by atoms with E-state index in [1.807, 2.05) is 53.4 Å². The van der Waals surface area contributed by atoms with E-state index >= 15 is 0 Å². The van der Waals surface area contributed by atoms with Gasteiger partial charge in [-0.05, 0) is 24.1 Å². The molecule has 1 amide bonds. The lowest BCUT2D eigenvalue weighted by atomic mass is 10.1. The van der Waals surface area contributed by atoms with Crippen LogP contribution in [0.1, 0.15) is 5.56 Å². The lowest BCUT2D eigenvalue weighted by molar-refractivity contribution is -0.119. The first-order valence-corrected chi connectivity index (χ1v) is 12.2. The number of amides is 1. The smallest absolute Gasteiger partial charge is 0.285 e. The molecule has 0 saturated carbocycles. The third-order valence-corrected chi connectivity index (χ3v) is 8.23. The second kappa shape index (κ2) is 8.59. The molecule has 0 radical (unpaired) electrons. The predicted octanol–water partition coefficient (Wildman–Crippen LogP) is 2.41. The Balaban J connectivity index is 1.46. The van der Waals surface area contributed by atoms with Gasteiger partial charge < -0.3 is 9.64 Å². The molecule has 0 spiro atoms. The van der Waals surface area contributed by atoms with Gasteiger partial charge in [0.05, 0.1) is 17.5 Å². The van der Waals surface area contributed by atoms with Crippen LogP contribution in [-0.2, 0) is 21.1 Å². The van der Waals surface area contributed by atoms with Crippen LogP contribution < -0.4 is 4.74 Å². The molecule has 29 heavy (non-hydrogen) atoms. The lowest BCUT2D eigenvalue weighted by Crippen LogP contribution is -2.39. The van der Waals surface area contributed by atoms with E-state index in [1.165, 1.54) is 17.3 Å². The standard InChI is InChI=1S/C21H22N2O4S2/c24-20(13-27-17-9-5-2-6-10-17)22-21-23(12-11-16-7-3-1-4-8-16)18-14-29(25,26)15-19(18)28-21/h1-10,18-19H,11-15H2/t18-,19-/m1/s1. The summed E-state index contributed by atoms with van der Waals surface area (Å²) in [6.07, 6.45) is 0.762. The molecule has 2 aliphatic rings. The molecular weight excluding hydrogens is 408 g/mol. The van der Waals surface area contributed by atoms with Crippen molar-refractivity contribution in [3.05, 3.63) is 66.2 Å². The molecule has 0 N–H and O–H groups in total. The highest BCUT2D eigenvalue weighted by Gasteiger charge is 2.48. The number of benzene rings is 2. The van der Waals surface area contributed by atoms with Crippen molar-refractivity contribution in [2.45, 2.75) is 17.7 Å². The number of hydrogen-bond acceptors (Lipinski definition) is 5. The average Bonchev–Trinajstić information content (AvgIpc) is 3.17. The summed E-state index contributed by atoms with van der Waals surface area (Å²) in [7, 11) is -3.05. The minimum atomic E-state index is -3.05. The van der Waals surface area contributed by atoms with Gasteiger partial charge in [-0.3, -0.25) is 4.79 Å². The fourth-order valence-corrected chi connectivity index (χ4v) is 7.59. The number of fused-ring (bicyclic) bond motifs is 1. The molecule has 0 aromatic heterocycles. The molecule has 0 bridgehead atoms. The predicted molar refractivity (Wildman–Crippen MR) is 115 cm³/mol. The summed E-state index contributed by atoms with van der Waals surface area (Å²) in [5.41, 5.74) is 1.17. The summed E-state index contributed by atoms with van der Waals surface area (Å²) in [4.78, 5) is 18.6. The number of ether oxygens (including phenoxy) is 1. The molecule has 8 heteroatoms. The minimum absolute atomic E-state index is 0.0719. The van der Waals surface area contributed by atoms with Gasteiger partial charge in [-0.25, -0.2) is 8.42 Å². The molecule has 2 atom stereocenters. The maximum Gasteiger partial charge on any atom is 0.285 e. The second-order valence-corrected chi connectivity index (χ2v) is 10.5. The number of thioether (sulfide) groups is 1. The van der Waals surface area contributed by atoms with Crippen molar-refractivity contribution in [1.82, 2.24) is 4.90 Å². The van der Waals surface area contributed by atoms with Crippen molar-refractivity contribution in [3.8, 4) is 5.75 Å². The molecule has 2 aromatic carbocycles. The van der Waals surface area contributed by atoms with Gasteiger partial charge in [-0.1, -0.05) is 60.3 Å². The molecule has 2 heterocycles. The van der Waals surface area contributed by atoms with Crippen LogP contribution in [0.2, 0.25) is 0 Å². The van der Waals surface area contributed by atoms with E-state index in [9.17, 15) is 13.2 Å². The molecule has 2 aromatic rings. The molecule has 4 rings (SSSR count). The van der Waals surface area contributed by atoms with Gasteiger partial charge in [0, 0.05) is 11.8 Å². The molecular formula is C21H22N2O4S2. The highest BCUT2D eigenvalue weighted by molar-refractivity contribution is 8.15. The summed E-state index contributed by atoms with van der Waals surface area (Å²) >= 11 is 1.40. The summed E-state index contributed by atoms with van der Waals surface area (Å²) in [6.45, 7) is 0.480. The molecule has 152 valence electrons. The van der Waals surface area contributed by atoms with Crippen molar-refractivity contribution < 1.29 is 17.9 Å². The molecule has 2 aliphatic heterocycles. The summed E-state index contributed by atoms with van der Waals surface area (Å²) < 4.78 is 29.7. The van der Waals surface area contributed by atoms with Crippen LogP contribution in [0, 0.1) is 0 Å². The van der Waals surface area contributed by atoms with Gasteiger partial charge in [-0.15, -0.1) is 0 Å². The van der Waals surface area contributed by atoms with Gasteiger partial charge in [-0.2, -0.15) is 4.99 Å². The van der Waals surface area contributed by atoms with E-state index in [-0.39, 0.29) is 35.3 Å². The largest absolute Gasteiger partial charge is 0.484 e. The summed E-state index contributed by atoms with van der Waals surface area (Å²) in [5.74, 6) is 0.498. The van der Waals surface area contributed by atoms with Gasteiger partial charge in [0.25, 0.3) is 5.91 Å². The Morgan fingerprint density at radius 2 is 1.76 bits per heavy atom. The van der Waals surface area contributed by atoms with Crippen molar-refractivity contribution >= 4 is 32.7 Å². The SMILES string of the molecule is O=C(COc1ccccc1)N=C1S[C@@H]2CS(=O)(=O)C[C@H]2N1CCc1ccccc1. The Kier molecular flexibility index (Phi) is 5.91. The number of nitrogens with zero attached hydrogens (tertiary/aromatic N) is 2. The number of rotatable bonds is 6. The topological polar surface area (TPSA) is 76.0 Å². The lowest BCUT2D eigenvalue weighted by Gasteiger charge is -2.24. The van der Waals surface area contributed by atoms with Crippen molar-refractivity contribution in [1.29, 1.82) is 0 Å². The Morgan fingerprint density at radius 1 is 1.07 bits per heavy atom. The van der Waals surface area contributed by atoms with Crippen molar-refractivity contribution in [3.63, 3.8) is 0 Å². The fourth-order valence-electron chi connectivity index (χ4n) is 3.59. The normalized spacial score (nSPS) is 23.9. The van der Waals surface area contributed by atoms with Gasteiger partial charge in [0.15, 0.2) is 21.6 Å². The number of carbonyl (C=O) groups excluding carboxylic acids is 1. The van der Waals surface area contributed by atoms with Crippen LogP contribution in [0.15, 0.2) is 65.7 Å². The Labute approximate surface area is 174 Å². The van der Waals surface area contributed by atoms with E-state index in [1.54, 1.807) is 12.1 Å². The highest BCUT2D eigenvalue weighted by atomic mass is 32.2. The number of amidine groups is 1. The van der Waals surface area contributed by atoms with Crippen molar-refractivity contribution in [2.24, 2.45) is 4.99 Å². The number of sulfone groups is 1. The summed E-state index contributed by atoms with van der Waals surface area (Å²) in [6, 6.07) is 19.0. The van der Waals surface area contributed by atoms with E-state index in [4.69, 9.17) is 4.74 Å². The van der Waals surface area contributed by atoms with Crippen LogP contribution in [0.5, 0.6) is 5.75 Å². The van der Waals surface area contributed by atoms with Crippen molar-refractivity contribution in [2.75, 3.05) is 24.7 Å². The monoisotopic (exact) mass is 430 g/mol. The van der Waals surface area contributed by atoms with Crippen LogP contribution in [-0.4, -0.2) is 60.3 Å². The molecule has 6 nitrogen and oxygen atoms in total. The van der Waals surface area contributed by atoms with E-state index in [0.29, 0.717) is 17.5 Å². The zero-order chi connectivity index (χ0) is 20.3. The Morgan fingerprint density at radius 3 is 2.48 bits per heavy atom. The quantitative estimate of drug-likeness (QED) is 0.701. The van der Waals surface area contributed by atoms with Crippen LogP contribution in [0.4, 0.5) is 0 Å². The maximum absolute atomic E-state index is 12.4. The molecule has 0 aliphatic carbocycles. The van der Waals surface area contributed by atoms with Crippen LogP contribution in [0.25, 0.3) is 0 Å². The number of aliphatic imine (C=N–C) groups is 1.